The molecular weight excluding hydrogens is 192 g/mol. The van der Waals surface area contributed by atoms with Gasteiger partial charge in [0.1, 0.15) is 0 Å². The highest BCUT2D eigenvalue weighted by molar-refractivity contribution is 5.55. The van der Waals surface area contributed by atoms with Gasteiger partial charge in [0.2, 0.25) is 0 Å². The molecule has 0 aromatic heterocycles. The minimum atomic E-state index is -0.400. The molecule has 0 amide bonds. The molecule has 0 aliphatic carbocycles. The lowest BCUT2D eigenvalue weighted by molar-refractivity contribution is -0.384. The first-order chi connectivity index (χ1) is 7.15. The van der Waals surface area contributed by atoms with Crippen LogP contribution in [0.5, 0.6) is 0 Å². The zero-order valence-electron chi connectivity index (χ0n) is 8.70. The maximum absolute atomic E-state index is 10.5. The maximum Gasteiger partial charge on any atom is 0.269 e. The number of rotatable bonds is 3. The van der Waals surface area contributed by atoms with Crippen molar-refractivity contribution >= 4 is 11.4 Å². The van der Waals surface area contributed by atoms with E-state index in [0.29, 0.717) is 6.54 Å². The molecule has 0 aliphatic heterocycles. The molecule has 0 atom stereocenters. The summed E-state index contributed by atoms with van der Waals surface area (Å²) in [5.41, 5.74) is 1.84. The van der Waals surface area contributed by atoms with Crippen LogP contribution in [0, 0.1) is 28.9 Å². The van der Waals surface area contributed by atoms with Crippen LogP contribution in [0.1, 0.15) is 12.5 Å². The van der Waals surface area contributed by atoms with Gasteiger partial charge in [-0.25, -0.2) is 0 Å². The third-order valence-corrected chi connectivity index (χ3v) is 1.96. The Morgan fingerprint density at radius 1 is 1.53 bits per heavy atom. The predicted molar refractivity (Wildman–Crippen MR) is 59.8 cm³/mol. The van der Waals surface area contributed by atoms with Crippen LogP contribution in [0.3, 0.4) is 0 Å². The standard InChI is InChI=1S/C11H12N2O2/c1-3-4-7-12-11-6-5-10(13(14)15)8-9(11)2/h5-6,8,12H,7H2,1-2H3. The fourth-order valence-corrected chi connectivity index (χ4v) is 1.19. The van der Waals surface area contributed by atoms with Crippen LogP contribution in [-0.2, 0) is 0 Å². The highest BCUT2D eigenvalue weighted by Gasteiger charge is 2.06. The minimum absolute atomic E-state index is 0.111. The third-order valence-electron chi connectivity index (χ3n) is 1.96. The number of nitro benzene ring substituents is 1. The van der Waals surface area contributed by atoms with E-state index in [-0.39, 0.29) is 5.69 Å². The van der Waals surface area contributed by atoms with Crippen LogP contribution in [0.4, 0.5) is 11.4 Å². The average molecular weight is 204 g/mol. The van der Waals surface area contributed by atoms with E-state index in [4.69, 9.17) is 0 Å². The SMILES string of the molecule is CC#CCNc1ccc([N+](=O)[O-])cc1C. The summed E-state index contributed by atoms with van der Waals surface area (Å²) in [6, 6.07) is 4.72. The molecule has 78 valence electrons. The van der Waals surface area contributed by atoms with Crippen LogP contribution < -0.4 is 5.32 Å². The van der Waals surface area contributed by atoms with Crippen LogP contribution in [0.2, 0.25) is 0 Å². The van der Waals surface area contributed by atoms with E-state index in [1.54, 1.807) is 19.1 Å². The molecule has 1 aromatic carbocycles. The summed E-state index contributed by atoms with van der Waals surface area (Å²) in [4.78, 5) is 10.1. The molecule has 0 unspecified atom stereocenters. The van der Waals surface area contributed by atoms with Gasteiger partial charge in [0.25, 0.3) is 5.69 Å². The normalized spacial score (nSPS) is 8.93. The first-order valence-electron chi connectivity index (χ1n) is 4.53. The zero-order valence-corrected chi connectivity index (χ0v) is 8.70. The number of nitro groups is 1. The van der Waals surface area contributed by atoms with Gasteiger partial charge in [-0.05, 0) is 25.5 Å². The zero-order chi connectivity index (χ0) is 11.3. The molecule has 0 saturated heterocycles. The highest BCUT2D eigenvalue weighted by atomic mass is 16.6. The molecule has 0 bridgehead atoms. The average Bonchev–Trinajstić information content (AvgIpc) is 2.20. The second-order valence-corrected chi connectivity index (χ2v) is 3.04. The topological polar surface area (TPSA) is 55.2 Å². The van der Waals surface area contributed by atoms with Crippen molar-refractivity contribution in [2.45, 2.75) is 13.8 Å². The number of hydrogen-bond donors (Lipinski definition) is 1. The predicted octanol–water partition coefficient (Wildman–Crippen LogP) is 2.34. The molecule has 1 aromatic rings. The van der Waals surface area contributed by atoms with E-state index in [0.717, 1.165) is 11.3 Å². The van der Waals surface area contributed by atoms with Gasteiger partial charge in [-0.1, -0.05) is 5.92 Å². The van der Waals surface area contributed by atoms with Crippen LogP contribution >= 0.6 is 0 Å². The van der Waals surface area contributed by atoms with Crippen molar-refractivity contribution < 1.29 is 4.92 Å². The van der Waals surface area contributed by atoms with E-state index < -0.39 is 4.92 Å². The van der Waals surface area contributed by atoms with E-state index in [1.165, 1.54) is 6.07 Å². The number of non-ortho nitro benzene ring substituents is 1. The molecule has 0 radical (unpaired) electrons. The smallest absolute Gasteiger partial charge is 0.269 e. The monoisotopic (exact) mass is 204 g/mol. The van der Waals surface area contributed by atoms with Gasteiger partial charge in [0, 0.05) is 17.8 Å². The lowest BCUT2D eigenvalue weighted by Gasteiger charge is -2.05. The second-order valence-electron chi connectivity index (χ2n) is 3.04. The van der Waals surface area contributed by atoms with Crippen molar-refractivity contribution in [3.63, 3.8) is 0 Å². The van der Waals surface area contributed by atoms with Gasteiger partial charge in [-0.2, -0.15) is 0 Å². The highest BCUT2D eigenvalue weighted by Crippen LogP contribution is 2.20. The Morgan fingerprint density at radius 2 is 2.27 bits per heavy atom. The summed E-state index contributed by atoms with van der Waals surface area (Å²) >= 11 is 0. The Bertz CT molecular complexity index is 430. The number of aryl methyl sites for hydroxylation is 1. The second kappa shape index (κ2) is 5.01. The number of benzene rings is 1. The van der Waals surface area contributed by atoms with Crippen LogP contribution in [-0.4, -0.2) is 11.5 Å². The molecule has 0 saturated carbocycles. The Morgan fingerprint density at radius 3 is 2.80 bits per heavy atom. The number of nitrogens with zero attached hydrogens (tertiary/aromatic N) is 1. The lowest BCUT2D eigenvalue weighted by atomic mass is 10.2. The number of hydrogen-bond acceptors (Lipinski definition) is 3. The van der Waals surface area contributed by atoms with Crippen molar-refractivity contribution in [3.05, 3.63) is 33.9 Å². The lowest BCUT2D eigenvalue weighted by Crippen LogP contribution is -2.01. The fraction of sp³-hybridized carbons (Fsp3) is 0.273. The van der Waals surface area contributed by atoms with E-state index in [9.17, 15) is 10.1 Å². The first-order valence-corrected chi connectivity index (χ1v) is 4.53. The van der Waals surface area contributed by atoms with Crippen LogP contribution in [0.15, 0.2) is 18.2 Å². The Kier molecular flexibility index (Phi) is 3.69. The summed E-state index contributed by atoms with van der Waals surface area (Å²) in [5, 5.41) is 13.6. The van der Waals surface area contributed by atoms with Gasteiger partial charge >= 0.3 is 0 Å². The maximum atomic E-state index is 10.5. The van der Waals surface area contributed by atoms with Crippen molar-refractivity contribution in [2.24, 2.45) is 0 Å². The van der Waals surface area contributed by atoms with Gasteiger partial charge in [0.15, 0.2) is 0 Å². The number of anilines is 1. The summed E-state index contributed by atoms with van der Waals surface area (Å²) in [7, 11) is 0. The Balaban J connectivity index is 2.82. The van der Waals surface area contributed by atoms with Crippen molar-refractivity contribution in [3.8, 4) is 11.8 Å². The quantitative estimate of drug-likeness (QED) is 0.467. The molecule has 1 rings (SSSR count). The minimum Gasteiger partial charge on any atom is -0.374 e. The van der Waals surface area contributed by atoms with Gasteiger partial charge in [0.05, 0.1) is 11.5 Å². The molecule has 4 heteroatoms. The van der Waals surface area contributed by atoms with Gasteiger partial charge < -0.3 is 5.32 Å². The Hall–Kier alpha value is -2.02. The molecule has 0 heterocycles. The summed E-state index contributed by atoms with van der Waals surface area (Å²) in [6.45, 7) is 4.15. The molecule has 1 N–H and O–H groups in total. The molecule has 0 fully saturated rings. The Labute approximate surface area is 88.5 Å². The van der Waals surface area contributed by atoms with Crippen molar-refractivity contribution in [1.29, 1.82) is 0 Å². The third kappa shape index (κ3) is 2.99. The summed E-state index contributed by atoms with van der Waals surface area (Å²) in [5.74, 6) is 5.63. The number of nitrogens with one attached hydrogen (secondary N) is 1. The van der Waals surface area contributed by atoms with E-state index in [2.05, 4.69) is 17.2 Å². The van der Waals surface area contributed by atoms with Crippen molar-refractivity contribution in [2.75, 3.05) is 11.9 Å². The van der Waals surface area contributed by atoms with Crippen molar-refractivity contribution in [1.82, 2.24) is 0 Å². The van der Waals surface area contributed by atoms with Crippen LogP contribution in [0.25, 0.3) is 0 Å². The molecule has 15 heavy (non-hydrogen) atoms. The largest absolute Gasteiger partial charge is 0.374 e. The molecule has 0 aliphatic rings. The molecular formula is C11H12N2O2. The first kappa shape index (κ1) is 11.1. The molecule has 0 spiro atoms. The molecule has 4 nitrogen and oxygen atoms in total. The van der Waals surface area contributed by atoms with Gasteiger partial charge in [-0.3, -0.25) is 10.1 Å². The summed E-state index contributed by atoms with van der Waals surface area (Å²) < 4.78 is 0. The fourth-order valence-electron chi connectivity index (χ4n) is 1.19. The summed E-state index contributed by atoms with van der Waals surface area (Å²) in [6.07, 6.45) is 0. The van der Waals surface area contributed by atoms with E-state index in [1.807, 2.05) is 6.92 Å². The van der Waals surface area contributed by atoms with Gasteiger partial charge in [-0.15, -0.1) is 5.92 Å². The van der Waals surface area contributed by atoms with E-state index >= 15 is 0 Å².